The lowest BCUT2D eigenvalue weighted by molar-refractivity contribution is -0.128. The molecule has 0 saturated carbocycles. The predicted octanol–water partition coefficient (Wildman–Crippen LogP) is 4.57. The Bertz CT molecular complexity index is 800. The minimum absolute atomic E-state index is 0.0479. The van der Waals surface area contributed by atoms with Crippen molar-refractivity contribution >= 4 is 23.6 Å². The van der Waals surface area contributed by atoms with Gasteiger partial charge in [-0.15, -0.1) is 0 Å². The van der Waals surface area contributed by atoms with Crippen LogP contribution in [0, 0.1) is 0 Å². The van der Waals surface area contributed by atoms with Crippen LogP contribution in [0.2, 0.25) is 5.02 Å². The lowest BCUT2D eigenvalue weighted by Gasteiger charge is -2.24. The number of methoxy groups -OCH3 is 1. The molecule has 0 spiro atoms. The van der Waals surface area contributed by atoms with Crippen LogP contribution < -0.4 is 4.74 Å². The van der Waals surface area contributed by atoms with Crippen molar-refractivity contribution in [2.75, 3.05) is 20.3 Å². The zero-order valence-corrected chi connectivity index (χ0v) is 16.2. The monoisotopic (exact) mass is 385 g/mol. The summed E-state index contributed by atoms with van der Waals surface area (Å²) in [4.78, 5) is 14.7. The summed E-state index contributed by atoms with van der Waals surface area (Å²) in [6.07, 6.45) is 5.52. The van der Waals surface area contributed by atoms with E-state index < -0.39 is 0 Å². The molecular weight excluding hydrogens is 362 g/mol. The number of nitrogens with zero attached hydrogens (tertiary/aromatic N) is 1. The van der Waals surface area contributed by atoms with E-state index in [0.717, 1.165) is 36.3 Å². The van der Waals surface area contributed by atoms with E-state index >= 15 is 0 Å². The molecule has 27 heavy (non-hydrogen) atoms. The second kappa shape index (κ2) is 9.58. The topological polar surface area (TPSA) is 38.8 Å². The minimum atomic E-state index is -0.0479. The molecule has 0 bridgehead atoms. The van der Waals surface area contributed by atoms with Crippen LogP contribution in [0.15, 0.2) is 54.6 Å². The Morgan fingerprint density at radius 1 is 1.30 bits per heavy atom. The summed E-state index contributed by atoms with van der Waals surface area (Å²) < 4.78 is 11.0. The summed E-state index contributed by atoms with van der Waals surface area (Å²) in [5.74, 6) is 0.736. The summed E-state index contributed by atoms with van der Waals surface area (Å²) in [5, 5.41) is 0.650. The Morgan fingerprint density at radius 3 is 2.89 bits per heavy atom. The molecule has 1 aliphatic rings. The molecule has 1 amide bonds. The van der Waals surface area contributed by atoms with E-state index in [4.69, 9.17) is 21.1 Å². The van der Waals surface area contributed by atoms with Crippen LogP contribution in [-0.2, 0) is 16.1 Å². The van der Waals surface area contributed by atoms with E-state index in [9.17, 15) is 4.79 Å². The lowest BCUT2D eigenvalue weighted by atomic mass is 10.1. The highest BCUT2D eigenvalue weighted by Gasteiger charge is 2.21. The largest absolute Gasteiger partial charge is 0.497 e. The van der Waals surface area contributed by atoms with Gasteiger partial charge in [-0.05, 0) is 54.3 Å². The number of rotatable bonds is 7. The number of hydrogen-bond donors (Lipinski definition) is 0. The van der Waals surface area contributed by atoms with Crippen LogP contribution >= 0.6 is 11.6 Å². The molecule has 142 valence electrons. The summed E-state index contributed by atoms with van der Waals surface area (Å²) >= 11 is 6.01. The zero-order chi connectivity index (χ0) is 19.1. The fourth-order valence-corrected chi connectivity index (χ4v) is 3.34. The normalized spacial score (nSPS) is 16.6. The first kappa shape index (κ1) is 19.5. The van der Waals surface area contributed by atoms with Crippen molar-refractivity contribution in [2.24, 2.45) is 0 Å². The first-order valence-corrected chi connectivity index (χ1v) is 9.49. The highest BCUT2D eigenvalue weighted by molar-refractivity contribution is 6.30. The molecule has 2 aromatic carbocycles. The summed E-state index contributed by atoms with van der Waals surface area (Å²) in [6, 6.07) is 15.2. The SMILES string of the molecule is COc1cccc(CN(CC2CCCO2)C(=O)/C=C/c2cccc(Cl)c2)c1. The van der Waals surface area contributed by atoms with E-state index in [0.29, 0.717) is 18.1 Å². The fraction of sp³-hybridized carbons (Fsp3) is 0.318. The zero-order valence-electron chi connectivity index (χ0n) is 15.4. The smallest absolute Gasteiger partial charge is 0.246 e. The standard InChI is InChI=1S/C22H24ClNO3/c1-26-20-8-3-6-18(14-20)15-24(16-21-9-4-12-27-21)22(25)11-10-17-5-2-7-19(23)13-17/h2-3,5-8,10-11,13-14,21H,4,9,12,15-16H2,1H3/b11-10+. The number of halogens is 1. The average molecular weight is 386 g/mol. The quantitative estimate of drug-likeness (QED) is 0.655. The molecule has 1 atom stereocenters. The van der Waals surface area contributed by atoms with Crippen molar-refractivity contribution in [1.82, 2.24) is 4.90 Å². The van der Waals surface area contributed by atoms with Gasteiger partial charge in [-0.2, -0.15) is 0 Å². The lowest BCUT2D eigenvalue weighted by Crippen LogP contribution is -2.35. The van der Waals surface area contributed by atoms with Gasteiger partial charge in [-0.3, -0.25) is 4.79 Å². The van der Waals surface area contributed by atoms with E-state index in [1.54, 1.807) is 19.3 Å². The van der Waals surface area contributed by atoms with Gasteiger partial charge in [0.1, 0.15) is 5.75 Å². The van der Waals surface area contributed by atoms with E-state index in [-0.39, 0.29) is 12.0 Å². The van der Waals surface area contributed by atoms with Gasteiger partial charge in [-0.25, -0.2) is 0 Å². The third-order valence-electron chi connectivity index (χ3n) is 4.53. The first-order chi connectivity index (χ1) is 13.1. The Morgan fingerprint density at radius 2 is 2.15 bits per heavy atom. The second-order valence-electron chi connectivity index (χ2n) is 6.59. The van der Waals surface area contributed by atoms with Crippen LogP contribution in [0.3, 0.4) is 0 Å². The number of ether oxygens (including phenoxy) is 2. The Balaban J connectivity index is 1.74. The molecule has 1 fully saturated rings. The van der Waals surface area contributed by atoms with E-state index in [1.165, 1.54) is 0 Å². The molecule has 4 nitrogen and oxygen atoms in total. The molecule has 1 aliphatic heterocycles. The molecular formula is C22H24ClNO3. The number of benzene rings is 2. The first-order valence-electron chi connectivity index (χ1n) is 9.11. The van der Waals surface area contributed by atoms with Crippen molar-refractivity contribution < 1.29 is 14.3 Å². The number of carbonyl (C=O) groups excluding carboxylic acids is 1. The minimum Gasteiger partial charge on any atom is -0.497 e. The highest BCUT2D eigenvalue weighted by Crippen LogP contribution is 2.19. The van der Waals surface area contributed by atoms with Gasteiger partial charge in [0.15, 0.2) is 0 Å². The maximum atomic E-state index is 12.9. The third-order valence-corrected chi connectivity index (χ3v) is 4.77. The molecule has 0 radical (unpaired) electrons. The van der Waals surface area contributed by atoms with Gasteiger partial charge in [0.25, 0.3) is 0 Å². The Hall–Kier alpha value is -2.30. The number of hydrogen-bond acceptors (Lipinski definition) is 3. The van der Waals surface area contributed by atoms with E-state index in [2.05, 4.69) is 0 Å². The summed E-state index contributed by atoms with van der Waals surface area (Å²) in [7, 11) is 1.64. The van der Waals surface area contributed by atoms with Crippen molar-refractivity contribution in [1.29, 1.82) is 0 Å². The Labute approximate surface area is 165 Å². The number of amides is 1. The van der Waals surface area contributed by atoms with Gasteiger partial charge in [-0.1, -0.05) is 35.9 Å². The molecule has 1 unspecified atom stereocenters. The van der Waals surface area contributed by atoms with Gasteiger partial charge in [0.2, 0.25) is 5.91 Å². The van der Waals surface area contributed by atoms with E-state index in [1.807, 2.05) is 53.4 Å². The maximum Gasteiger partial charge on any atom is 0.246 e. The van der Waals surface area contributed by atoms with Gasteiger partial charge >= 0.3 is 0 Å². The molecule has 0 aliphatic carbocycles. The predicted molar refractivity (Wildman–Crippen MR) is 108 cm³/mol. The second-order valence-corrected chi connectivity index (χ2v) is 7.03. The van der Waals surface area contributed by atoms with Gasteiger partial charge in [0, 0.05) is 30.8 Å². The van der Waals surface area contributed by atoms with Gasteiger partial charge in [0.05, 0.1) is 13.2 Å². The molecule has 5 heteroatoms. The molecule has 2 aromatic rings. The molecule has 0 aromatic heterocycles. The van der Waals surface area contributed by atoms with Crippen LogP contribution in [0.1, 0.15) is 24.0 Å². The van der Waals surface area contributed by atoms with Gasteiger partial charge < -0.3 is 14.4 Å². The third kappa shape index (κ3) is 5.84. The van der Waals surface area contributed by atoms with Crippen molar-refractivity contribution in [3.8, 4) is 5.75 Å². The Kier molecular flexibility index (Phi) is 6.91. The van der Waals surface area contributed by atoms with Crippen molar-refractivity contribution in [3.05, 3.63) is 70.8 Å². The van der Waals surface area contributed by atoms with Crippen molar-refractivity contribution in [2.45, 2.75) is 25.5 Å². The fourth-order valence-electron chi connectivity index (χ4n) is 3.14. The molecule has 1 saturated heterocycles. The van der Waals surface area contributed by atoms with Crippen LogP contribution in [-0.4, -0.2) is 37.2 Å². The molecule has 0 N–H and O–H groups in total. The summed E-state index contributed by atoms with van der Waals surface area (Å²) in [5.41, 5.74) is 1.92. The molecule has 3 rings (SSSR count). The average Bonchev–Trinajstić information content (AvgIpc) is 3.19. The van der Waals surface area contributed by atoms with Crippen LogP contribution in [0.25, 0.3) is 6.08 Å². The number of carbonyl (C=O) groups is 1. The summed E-state index contributed by atoms with van der Waals surface area (Å²) in [6.45, 7) is 1.86. The van der Waals surface area contributed by atoms with Crippen LogP contribution in [0.5, 0.6) is 5.75 Å². The maximum absolute atomic E-state index is 12.9. The van der Waals surface area contributed by atoms with Crippen molar-refractivity contribution in [3.63, 3.8) is 0 Å². The molecule has 1 heterocycles. The highest BCUT2D eigenvalue weighted by atomic mass is 35.5. The van der Waals surface area contributed by atoms with Crippen LogP contribution in [0.4, 0.5) is 0 Å².